The monoisotopic (exact) mass is 308 g/mol. The molecule has 3 rings (SSSR count). The van der Waals surface area contributed by atoms with Gasteiger partial charge in [0.05, 0.1) is 12.8 Å². The second-order valence-electron chi connectivity index (χ2n) is 5.92. The van der Waals surface area contributed by atoms with Crippen LogP contribution in [0.15, 0.2) is 42.5 Å². The maximum absolute atomic E-state index is 5.67. The van der Waals surface area contributed by atoms with E-state index in [1.807, 2.05) is 12.1 Å². The fourth-order valence-corrected chi connectivity index (χ4v) is 3.21. The lowest BCUT2D eigenvalue weighted by atomic mass is 9.99. The summed E-state index contributed by atoms with van der Waals surface area (Å²) in [5, 5.41) is 1.31. The summed E-state index contributed by atoms with van der Waals surface area (Å²) in [7, 11) is 1.72. The zero-order valence-electron chi connectivity index (χ0n) is 13.9. The van der Waals surface area contributed by atoms with E-state index < -0.39 is 0 Å². The Bertz CT molecular complexity index is 805. The molecule has 0 amide bonds. The van der Waals surface area contributed by atoms with Crippen LogP contribution < -0.4 is 10.5 Å². The fraction of sp³-hybridized carbons (Fsp3) is 0.300. The molecule has 0 saturated carbocycles. The van der Waals surface area contributed by atoms with Crippen LogP contribution in [0.3, 0.4) is 0 Å². The van der Waals surface area contributed by atoms with Crippen LogP contribution in [0.4, 0.5) is 0 Å². The number of H-pyrrole nitrogens is 1. The second-order valence-corrected chi connectivity index (χ2v) is 5.92. The topological polar surface area (TPSA) is 51.0 Å². The third-order valence-corrected chi connectivity index (χ3v) is 4.41. The molecule has 1 heterocycles. The standard InChI is InChI=1S/C20H24N2O/c1-14-8-7-11-15-16(9-5-6-13-21)20(22-19(14)15)17-10-3-4-12-18(17)23-2/h3-4,7-8,10-12,22H,5-6,9,13,21H2,1-2H3. The highest BCUT2D eigenvalue weighted by atomic mass is 16.5. The first-order valence-electron chi connectivity index (χ1n) is 8.20. The zero-order valence-corrected chi connectivity index (χ0v) is 13.9. The number of rotatable bonds is 6. The van der Waals surface area contributed by atoms with E-state index in [1.165, 1.54) is 27.7 Å². The van der Waals surface area contributed by atoms with Gasteiger partial charge in [-0.15, -0.1) is 0 Å². The number of hydrogen-bond acceptors (Lipinski definition) is 2. The predicted molar refractivity (Wildman–Crippen MR) is 97.0 cm³/mol. The van der Waals surface area contributed by atoms with E-state index in [-0.39, 0.29) is 0 Å². The molecule has 0 bridgehead atoms. The van der Waals surface area contributed by atoms with Crippen molar-refractivity contribution in [1.29, 1.82) is 0 Å². The van der Waals surface area contributed by atoms with Crippen LogP contribution in [0.5, 0.6) is 5.75 Å². The molecule has 3 nitrogen and oxygen atoms in total. The average molecular weight is 308 g/mol. The summed E-state index contributed by atoms with van der Waals surface area (Å²) in [5.41, 5.74) is 11.8. The minimum Gasteiger partial charge on any atom is -0.496 e. The lowest BCUT2D eigenvalue weighted by molar-refractivity contribution is 0.416. The van der Waals surface area contributed by atoms with Gasteiger partial charge in [-0.3, -0.25) is 0 Å². The van der Waals surface area contributed by atoms with E-state index in [0.717, 1.165) is 37.1 Å². The summed E-state index contributed by atoms with van der Waals surface area (Å²) in [5.74, 6) is 0.900. The van der Waals surface area contributed by atoms with Crippen molar-refractivity contribution in [3.63, 3.8) is 0 Å². The maximum atomic E-state index is 5.67. The number of aromatic nitrogens is 1. The number of nitrogens with one attached hydrogen (secondary N) is 1. The van der Waals surface area contributed by atoms with Crippen LogP contribution in [-0.4, -0.2) is 18.6 Å². The number of aryl methyl sites for hydroxylation is 2. The molecule has 0 radical (unpaired) electrons. The molecule has 3 aromatic rings. The molecule has 0 aliphatic carbocycles. The Morgan fingerprint density at radius 1 is 1.04 bits per heavy atom. The molecule has 0 aliphatic heterocycles. The molecule has 0 aliphatic rings. The van der Waals surface area contributed by atoms with Crippen LogP contribution in [-0.2, 0) is 6.42 Å². The molecule has 1 aromatic heterocycles. The molecule has 23 heavy (non-hydrogen) atoms. The summed E-state index contributed by atoms with van der Waals surface area (Å²) < 4.78 is 5.57. The van der Waals surface area contributed by atoms with Crippen LogP contribution in [0, 0.1) is 6.92 Å². The molecule has 0 fully saturated rings. The normalized spacial score (nSPS) is 11.1. The maximum Gasteiger partial charge on any atom is 0.128 e. The van der Waals surface area contributed by atoms with Gasteiger partial charge in [0.15, 0.2) is 0 Å². The van der Waals surface area contributed by atoms with E-state index in [2.05, 4.69) is 42.2 Å². The van der Waals surface area contributed by atoms with Gasteiger partial charge in [-0.25, -0.2) is 0 Å². The molecular formula is C20H24N2O. The molecule has 0 unspecified atom stereocenters. The fourth-order valence-electron chi connectivity index (χ4n) is 3.21. The number of para-hydroxylation sites is 2. The molecule has 3 heteroatoms. The smallest absolute Gasteiger partial charge is 0.128 e. The summed E-state index contributed by atoms with van der Waals surface area (Å²) in [6.45, 7) is 2.89. The van der Waals surface area contributed by atoms with E-state index in [0.29, 0.717) is 0 Å². The second kappa shape index (κ2) is 6.88. The summed E-state index contributed by atoms with van der Waals surface area (Å²) in [6.07, 6.45) is 3.16. The third kappa shape index (κ3) is 2.97. The van der Waals surface area contributed by atoms with Gasteiger partial charge in [0.1, 0.15) is 5.75 Å². The zero-order chi connectivity index (χ0) is 16.2. The highest BCUT2D eigenvalue weighted by Crippen LogP contribution is 2.37. The number of nitrogens with two attached hydrogens (primary N) is 1. The molecular weight excluding hydrogens is 284 g/mol. The van der Waals surface area contributed by atoms with Gasteiger partial charge >= 0.3 is 0 Å². The number of methoxy groups -OCH3 is 1. The number of unbranched alkanes of at least 4 members (excludes halogenated alkanes) is 1. The minimum absolute atomic E-state index is 0.741. The van der Waals surface area contributed by atoms with E-state index in [1.54, 1.807) is 7.11 Å². The van der Waals surface area contributed by atoms with Crippen molar-refractivity contribution in [2.75, 3.05) is 13.7 Å². The SMILES string of the molecule is COc1ccccc1-c1[nH]c2c(C)cccc2c1CCCCN. The van der Waals surface area contributed by atoms with Gasteiger partial charge in [-0.1, -0.05) is 30.3 Å². The Labute approximate surface area is 137 Å². The number of benzene rings is 2. The van der Waals surface area contributed by atoms with E-state index in [4.69, 9.17) is 10.5 Å². The highest BCUT2D eigenvalue weighted by molar-refractivity contribution is 5.93. The molecule has 2 aromatic carbocycles. The molecule has 0 spiro atoms. The van der Waals surface area contributed by atoms with Gasteiger partial charge in [0, 0.05) is 16.5 Å². The van der Waals surface area contributed by atoms with Crippen molar-refractivity contribution < 1.29 is 4.74 Å². The first kappa shape index (κ1) is 15.6. The van der Waals surface area contributed by atoms with Crippen molar-refractivity contribution in [3.8, 4) is 17.0 Å². The van der Waals surface area contributed by atoms with Crippen molar-refractivity contribution in [2.24, 2.45) is 5.73 Å². The minimum atomic E-state index is 0.741. The highest BCUT2D eigenvalue weighted by Gasteiger charge is 2.16. The van der Waals surface area contributed by atoms with Crippen LogP contribution in [0.25, 0.3) is 22.2 Å². The van der Waals surface area contributed by atoms with E-state index in [9.17, 15) is 0 Å². The summed E-state index contributed by atoms with van der Waals surface area (Å²) in [4.78, 5) is 3.64. The number of ether oxygens (including phenoxy) is 1. The molecule has 0 atom stereocenters. The largest absolute Gasteiger partial charge is 0.496 e. The van der Waals surface area contributed by atoms with Crippen molar-refractivity contribution >= 4 is 10.9 Å². The first-order valence-corrected chi connectivity index (χ1v) is 8.20. The quantitative estimate of drug-likeness (QED) is 0.662. The Morgan fingerprint density at radius 2 is 1.87 bits per heavy atom. The molecule has 3 N–H and O–H groups in total. The van der Waals surface area contributed by atoms with Gasteiger partial charge in [0.2, 0.25) is 0 Å². The molecule has 0 saturated heterocycles. The molecule has 120 valence electrons. The Balaban J connectivity index is 2.18. The first-order chi connectivity index (χ1) is 11.3. The van der Waals surface area contributed by atoms with Gasteiger partial charge < -0.3 is 15.5 Å². The summed E-state index contributed by atoms with van der Waals surface area (Å²) in [6, 6.07) is 14.7. The number of hydrogen-bond donors (Lipinski definition) is 2. The Kier molecular flexibility index (Phi) is 4.68. The van der Waals surface area contributed by atoms with Gasteiger partial charge in [0.25, 0.3) is 0 Å². The number of fused-ring (bicyclic) bond motifs is 1. The van der Waals surface area contributed by atoms with Crippen LogP contribution in [0.1, 0.15) is 24.0 Å². The van der Waals surface area contributed by atoms with Crippen molar-refractivity contribution in [3.05, 3.63) is 53.6 Å². The lowest BCUT2D eigenvalue weighted by Crippen LogP contribution is -1.99. The Hall–Kier alpha value is -2.26. The number of aromatic amines is 1. The predicted octanol–water partition coefficient (Wildman–Crippen LogP) is 4.43. The van der Waals surface area contributed by atoms with Gasteiger partial charge in [-0.2, -0.15) is 0 Å². The van der Waals surface area contributed by atoms with Crippen molar-refractivity contribution in [2.45, 2.75) is 26.2 Å². The van der Waals surface area contributed by atoms with Crippen molar-refractivity contribution in [1.82, 2.24) is 4.98 Å². The van der Waals surface area contributed by atoms with Crippen LogP contribution >= 0.6 is 0 Å². The van der Waals surface area contributed by atoms with Gasteiger partial charge in [-0.05, 0) is 56.0 Å². The van der Waals surface area contributed by atoms with E-state index >= 15 is 0 Å². The lowest BCUT2D eigenvalue weighted by Gasteiger charge is -2.09. The average Bonchev–Trinajstić information content (AvgIpc) is 2.95. The van der Waals surface area contributed by atoms with Crippen LogP contribution in [0.2, 0.25) is 0 Å². The summed E-state index contributed by atoms with van der Waals surface area (Å²) >= 11 is 0. The Morgan fingerprint density at radius 3 is 2.65 bits per heavy atom. The third-order valence-electron chi connectivity index (χ3n) is 4.41.